The van der Waals surface area contributed by atoms with E-state index in [-0.39, 0.29) is 6.61 Å². The molecule has 0 saturated heterocycles. The van der Waals surface area contributed by atoms with Gasteiger partial charge in [0.15, 0.2) is 11.5 Å². The van der Waals surface area contributed by atoms with Crippen LogP contribution in [0, 0.1) is 0 Å². The summed E-state index contributed by atoms with van der Waals surface area (Å²) in [4.78, 5) is 14.9. The van der Waals surface area contributed by atoms with E-state index in [4.69, 9.17) is 15.2 Å². The van der Waals surface area contributed by atoms with E-state index in [0.717, 1.165) is 11.8 Å². The van der Waals surface area contributed by atoms with Gasteiger partial charge in [0.25, 0.3) is 0 Å². The van der Waals surface area contributed by atoms with Crippen molar-refractivity contribution < 1.29 is 14.3 Å². The molecule has 0 aliphatic carbocycles. The first-order valence-electron chi connectivity index (χ1n) is 6.39. The van der Waals surface area contributed by atoms with Crippen molar-refractivity contribution >= 4 is 28.0 Å². The molecule has 2 N–H and O–H groups in total. The summed E-state index contributed by atoms with van der Waals surface area (Å²) in [6, 6.07) is 6.96. The normalized spacial score (nSPS) is 10.2. The van der Waals surface area contributed by atoms with Crippen LogP contribution >= 0.6 is 15.9 Å². The van der Waals surface area contributed by atoms with Crippen LogP contribution in [-0.4, -0.2) is 17.9 Å². The molecule has 1 aromatic heterocycles. The maximum Gasteiger partial charge on any atom is 0.175 e. The highest BCUT2D eigenvalue weighted by Crippen LogP contribution is 2.37. The van der Waals surface area contributed by atoms with Gasteiger partial charge in [-0.25, -0.2) is 4.98 Å². The van der Waals surface area contributed by atoms with Gasteiger partial charge >= 0.3 is 0 Å². The Morgan fingerprint density at radius 3 is 2.86 bits per heavy atom. The third-order valence-electron chi connectivity index (χ3n) is 2.77. The van der Waals surface area contributed by atoms with E-state index in [9.17, 15) is 4.79 Å². The first-order chi connectivity index (χ1) is 10.2. The summed E-state index contributed by atoms with van der Waals surface area (Å²) >= 11 is 3.39. The Morgan fingerprint density at radius 2 is 2.19 bits per heavy atom. The SMILES string of the molecule is CCOc1cc(C=O)cc(Br)c1OCc1cccnc1N. The molecule has 0 atom stereocenters. The zero-order valence-corrected chi connectivity index (χ0v) is 13.1. The van der Waals surface area contributed by atoms with Crippen molar-refractivity contribution in [3.05, 3.63) is 46.1 Å². The van der Waals surface area contributed by atoms with Crippen LogP contribution in [0.4, 0.5) is 5.82 Å². The highest BCUT2D eigenvalue weighted by molar-refractivity contribution is 9.10. The van der Waals surface area contributed by atoms with E-state index in [1.807, 2.05) is 13.0 Å². The number of aromatic nitrogens is 1. The number of carbonyl (C=O) groups excluding carboxylic acids is 1. The molecule has 0 bridgehead atoms. The van der Waals surface area contributed by atoms with Gasteiger partial charge in [0.05, 0.1) is 11.1 Å². The second-order valence-electron chi connectivity index (χ2n) is 4.22. The lowest BCUT2D eigenvalue weighted by atomic mass is 10.2. The quantitative estimate of drug-likeness (QED) is 0.809. The minimum Gasteiger partial charge on any atom is -0.490 e. The number of pyridine rings is 1. The summed E-state index contributed by atoms with van der Waals surface area (Å²) in [6.07, 6.45) is 2.38. The molecule has 0 aliphatic rings. The Kier molecular flexibility index (Phi) is 5.16. The Labute approximate surface area is 131 Å². The van der Waals surface area contributed by atoms with Gasteiger partial charge in [0.2, 0.25) is 0 Å². The number of ether oxygens (including phenoxy) is 2. The van der Waals surface area contributed by atoms with Gasteiger partial charge < -0.3 is 15.2 Å². The van der Waals surface area contributed by atoms with E-state index in [0.29, 0.717) is 34.0 Å². The molecule has 2 rings (SSSR count). The predicted molar refractivity (Wildman–Crippen MR) is 83.7 cm³/mol. The van der Waals surface area contributed by atoms with Gasteiger partial charge in [-0.3, -0.25) is 4.79 Å². The Hall–Kier alpha value is -2.08. The van der Waals surface area contributed by atoms with Crippen molar-refractivity contribution in [1.82, 2.24) is 4.98 Å². The van der Waals surface area contributed by atoms with Crippen molar-refractivity contribution in [3.8, 4) is 11.5 Å². The van der Waals surface area contributed by atoms with Crippen molar-refractivity contribution in [2.45, 2.75) is 13.5 Å². The van der Waals surface area contributed by atoms with E-state index >= 15 is 0 Å². The fourth-order valence-electron chi connectivity index (χ4n) is 1.78. The molecule has 110 valence electrons. The van der Waals surface area contributed by atoms with Crippen LogP contribution in [0.1, 0.15) is 22.8 Å². The topological polar surface area (TPSA) is 74.4 Å². The number of hydrogen-bond donors (Lipinski definition) is 1. The van der Waals surface area contributed by atoms with Gasteiger partial charge in [-0.05, 0) is 41.1 Å². The van der Waals surface area contributed by atoms with Gasteiger partial charge in [0, 0.05) is 17.3 Å². The minimum absolute atomic E-state index is 0.263. The van der Waals surface area contributed by atoms with E-state index < -0.39 is 0 Å². The molecule has 2 aromatic rings. The van der Waals surface area contributed by atoms with E-state index in [1.54, 1.807) is 24.4 Å². The maximum absolute atomic E-state index is 10.9. The molecular weight excluding hydrogens is 336 g/mol. The van der Waals surface area contributed by atoms with Crippen LogP contribution in [0.3, 0.4) is 0 Å². The zero-order chi connectivity index (χ0) is 15.2. The number of carbonyl (C=O) groups is 1. The lowest BCUT2D eigenvalue weighted by Gasteiger charge is -2.14. The first-order valence-corrected chi connectivity index (χ1v) is 7.18. The number of halogens is 1. The van der Waals surface area contributed by atoms with Gasteiger partial charge in [-0.15, -0.1) is 0 Å². The lowest BCUT2D eigenvalue weighted by Crippen LogP contribution is -2.04. The number of anilines is 1. The lowest BCUT2D eigenvalue weighted by molar-refractivity contribution is 0.112. The predicted octanol–water partition coefficient (Wildman–Crippen LogP) is 3.22. The standard InChI is InChI=1S/C15H15BrN2O3/c1-2-20-13-7-10(8-19)6-12(16)14(13)21-9-11-4-3-5-18-15(11)17/h3-8H,2,9H2,1H3,(H2,17,18). The summed E-state index contributed by atoms with van der Waals surface area (Å²) in [6.45, 7) is 2.60. The molecule has 0 saturated carbocycles. The molecular formula is C15H15BrN2O3. The summed E-state index contributed by atoms with van der Waals surface area (Å²) in [5.41, 5.74) is 7.08. The molecule has 6 heteroatoms. The Bertz CT molecular complexity index is 647. The molecule has 0 unspecified atom stereocenters. The van der Waals surface area contributed by atoms with Gasteiger partial charge in [0.1, 0.15) is 18.7 Å². The highest BCUT2D eigenvalue weighted by atomic mass is 79.9. The van der Waals surface area contributed by atoms with Crippen molar-refractivity contribution in [2.75, 3.05) is 12.3 Å². The number of rotatable bonds is 6. The minimum atomic E-state index is 0.263. The van der Waals surface area contributed by atoms with Crippen molar-refractivity contribution in [3.63, 3.8) is 0 Å². The second-order valence-corrected chi connectivity index (χ2v) is 5.07. The first kappa shape index (κ1) is 15.3. The summed E-state index contributed by atoms with van der Waals surface area (Å²) < 4.78 is 11.9. The third kappa shape index (κ3) is 3.72. The molecule has 0 aliphatic heterocycles. The van der Waals surface area contributed by atoms with Crippen molar-refractivity contribution in [1.29, 1.82) is 0 Å². The average molecular weight is 351 g/mol. The van der Waals surface area contributed by atoms with Crippen LogP contribution < -0.4 is 15.2 Å². The van der Waals surface area contributed by atoms with Crippen LogP contribution in [0.5, 0.6) is 11.5 Å². The van der Waals surface area contributed by atoms with Crippen LogP contribution in [-0.2, 0) is 6.61 Å². The molecule has 5 nitrogen and oxygen atoms in total. The molecule has 21 heavy (non-hydrogen) atoms. The molecule has 0 fully saturated rings. The summed E-state index contributed by atoms with van der Waals surface area (Å²) in [7, 11) is 0. The molecule has 0 spiro atoms. The third-order valence-corrected chi connectivity index (χ3v) is 3.35. The number of aldehydes is 1. The van der Waals surface area contributed by atoms with Crippen LogP contribution in [0.25, 0.3) is 0 Å². The fourth-order valence-corrected chi connectivity index (χ4v) is 2.36. The monoisotopic (exact) mass is 350 g/mol. The van der Waals surface area contributed by atoms with Gasteiger partial charge in [-0.2, -0.15) is 0 Å². The fraction of sp³-hybridized carbons (Fsp3) is 0.200. The highest BCUT2D eigenvalue weighted by Gasteiger charge is 2.13. The number of benzene rings is 1. The van der Waals surface area contributed by atoms with Gasteiger partial charge in [-0.1, -0.05) is 6.07 Å². The van der Waals surface area contributed by atoms with Crippen LogP contribution in [0.15, 0.2) is 34.9 Å². The molecule has 0 radical (unpaired) electrons. The Morgan fingerprint density at radius 1 is 1.38 bits per heavy atom. The second kappa shape index (κ2) is 7.08. The van der Waals surface area contributed by atoms with E-state index in [1.165, 1.54) is 0 Å². The number of nitrogens with zero attached hydrogens (tertiary/aromatic N) is 1. The largest absolute Gasteiger partial charge is 0.490 e. The smallest absolute Gasteiger partial charge is 0.175 e. The number of nitrogen functional groups attached to an aromatic ring is 1. The zero-order valence-electron chi connectivity index (χ0n) is 11.5. The summed E-state index contributed by atoms with van der Waals surface area (Å²) in [5, 5.41) is 0. The molecule has 0 amide bonds. The molecule has 1 heterocycles. The number of hydrogen-bond acceptors (Lipinski definition) is 5. The molecule has 1 aromatic carbocycles. The van der Waals surface area contributed by atoms with Crippen molar-refractivity contribution in [2.24, 2.45) is 0 Å². The van der Waals surface area contributed by atoms with E-state index in [2.05, 4.69) is 20.9 Å². The summed E-state index contributed by atoms with van der Waals surface area (Å²) in [5.74, 6) is 1.47. The number of nitrogens with two attached hydrogens (primary N) is 1. The Balaban J connectivity index is 2.26. The maximum atomic E-state index is 10.9. The average Bonchev–Trinajstić information content (AvgIpc) is 2.48. The van der Waals surface area contributed by atoms with Crippen LogP contribution in [0.2, 0.25) is 0 Å².